The van der Waals surface area contributed by atoms with Gasteiger partial charge >= 0.3 is 5.97 Å². The molecular formula is C14H16N4O2. The molecule has 0 saturated carbocycles. The molecule has 1 heterocycles. The van der Waals surface area contributed by atoms with Crippen LogP contribution in [0.4, 0.5) is 11.6 Å². The molecule has 0 bridgehead atoms. The predicted molar refractivity (Wildman–Crippen MR) is 76.3 cm³/mol. The van der Waals surface area contributed by atoms with E-state index in [-0.39, 0.29) is 19.1 Å². The SMILES string of the molecule is CNc1cc(NCC(=O)OCc2ccccc2)ncn1. The lowest BCUT2D eigenvalue weighted by atomic mass is 10.2. The van der Waals surface area contributed by atoms with E-state index in [1.54, 1.807) is 13.1 Å². The van der Waals surface area contributed by atoms with E-state index in [2.05, 4.69) is 20.6 Å². The zero-order valence-electron chi connectivity index (χ0n) is 11.2. The fourth-order valence-corrected chi connectivity index (χ4v) is 1.54. The summed E-state index contributed by atoms with van der Waals surface area (Å²) in [6.07, 6.45) is 1.42. The minimum absolute atomic E-state index is 0.0625. The van der Waals surface area contributed by atoms with Gasteiger partial charge in [-0.2, -0.15) is 0 Å². The van der Waals surface area contributed by atoms with Gasteiger partial charge in [-0.05, 0) is 5.56 Å². The molecule has 0 saturated heterocycles. The van der Waals surface area contributed by atoms with Crippen LogP contribution in [0, 0.1) is 0 Å². The average Bonchev–Trinajstić information content (AvgIpc) is 2.52. The van der Waals surface area contributed by atoms with Gasteiger partial charge in [0, 0.05) is 13.1 Å². The largest absolute Gasteiger partial charge is 0.460 e. The number of carbonyl (C=O) groups is 1. The lowest BCUT2D eigenvalue weighted by Gasteiger charge is -2.07. The van der Waals surface area contributed by atoms with Crippen LogP contribution in [0.3, 0.4) is 0 Å². The highest BCUT2D eigenvalue weighted by molar-refractivity contribution is 5.74. The summed E-state index contributed by atoms with van der Waals surface area (Å²) >= 11 is 0. The number of nitrogens with one attached hydrogen (secondary N) is 2. The van der Waals surface area contributed by atoms with Gasteiger partial charge in [-0.3, -0.25) is 4.79 Å². The molecule has 6 heteroatoms. The number of carbonyl (C=O) groups excluding carboxylic acids is 1. The second-order valence-corrected chi connectivity index (χ2v) is 4.04. The summed E-state index contributed by atoms with van der Waals surface area (Å²) in [5.74, 6) is 0.916. The van der Waals surface area contributed by atoms with E-state index in [9.17, 15) is 4.79 Å². The van der Waals surface area contributed by atoms with E-state index < -0.39 is 0 Å². The highest BCUT2D eigenvalue weighted by Crippen LogP contribution is 2.07. The number of nitrogens with zero attached hydrogens (tertiary/aromatic N) is 2. The minimum atomic E-state index is -0.335. The Bertz CT molecular complexity index is 560. The summed E-state index contributed by atoms with van der Waals surface area (Å²) < 4.78 is 5.15. The fourth-order valence-electron chi connectivity index (χ4n) is 1.54. The lowest BCUT2D eigenvalue weighted by Crippen LogP contribution is -2.17. The van der Waals surface area contributed by atoms with Gasteiger partial charge in [0.15, 0.2) is 0 Å². The first-order valence-electron chi connectivity index (χ1n) is 6.21. The molecule has 20 heavy (non-hydrogen) atoms. The van der Waals surface area contributed by atoms with Crippen LogP contribution in [0.1, 0.15) is 5.56 Å². The van der Waals surface area contributed by atoms with Crippen molar-refractivity contribution >= 4 is 17.6 Å². The van der Waals surface area contributed by atoms with Crippen LogP contribution in [0.15, 0.2) is 42.7 Å². The number of rotatable bonds is 6. The van der Waals surface area contributed by atoms with Gasteiger partial charge in [0.25, 0.3) is 0 Å². The van der Waals surface area contributed by atoms with Crippen molar-refractivity contribution < 1.29 is 9.53 Å². The number of ether oxygens (including phenoxy) is 1. The van der Waals surface area contributed by atoms with Crippen molar-refractivity contribution in [3.63, 3.8) is 0 Å². The Morgan fingerprint density at radius 2 is 1.95 bits per heavy atom. The molecule has 2 N–H and O–H groups in total. The van der Waals surface area contributed by atoms with Crippen LogP contribution < -0.4 is 10.6 Å². The smallest absolute Gasteiger partial charge is 0.325 e. The molecule has 0 aliphatic carbocycles. The van der Waals surface area contributed by atoms with Gasteiger partial charge in [-0.15, -0.1) is 0 Å². The molecule has 2 rings (SSSR count). The number of aromatic nitrogens is 2. The van der Waals surface area contributed by atoms with Crippen LogP contribution in [-0.2, 0) is 16.1 Å². The first-order chi connectivity index (χ1) is 9.78. The van der Waals surface area contributed by atoms with Gasteiger partial charge in [0.05, 0.1) is 0 Å². The van der Waals surface area contributed by atoms with Gasteiger partial charge in [-0.25, -0.2) is 9.97 Å². The Morgan fingerprint density at radius 3 is 2.70 bits per heavy atom. The molecule has 0 radical (unpaired) electrons. The number of esters is 1. The molecule has 0 unspecified atom stereocenters. The predicted octanol–water partition coefficient (Wildman–Crippen LogP) is 1.67. The second kappa shape index (κ2) is 7.08. The molecule has 0 fully saturated rings. The van der Waals surface area contributed by atoms with E-state index in [4.69, 9.17) is 4.74 Å². The molecule has 104 valence electrons. The van der Waals surface area contributed by atoms with Crippen molar-refractivity contribution in [2.45, 2.75) is 6.61 Å². The molecule has 0 atom stereocenters. The van der Waals surface area contributed by atoms with Crippen molar-refractivity contribution in [2.75, 3.05) is 24.2 Å². The Hall–Kier alpha value is -2.63. The van der Waals surface area contributed by atoms with Crippen molar-refractivity contribution in [3.8, 4) is 0 Å². The Kier molecular flexibility index (Phi) is 4.88. The van der Waals surface area contributed by atoms with Crippen LogP contribution in [0.25, 0.3) is 0 Å². The van der Waals surface area contributed by atoms with Crippen LogP contribution in [0.5, 0.6) is 0 Å². The molecule has 2 aromatic rings. The topological polar surface area (TPSA) is 76.1 Å². The quantitative estimate of drug-likeness (QED) is 0.779. The maximum Gasteiger partial charge on any atom is 0.325 e. The van der Waals surface area contributed by atoms with Crippen molar-refractivity contribution in [1.82, 2.24) is 9.97 Å². The van der Waals surface area contributed by atoms with Crippen LogP contribution in [-0.4, -0.2) is 29.5 Å². The van der Waals surface area contributed by atoms with E-state index in [0.717, 1.165) is 5.56 Å². The molecule has 0 aliphatic rings. The maximum absolute atomic E-state index is 11.6. The second-order valence-electron chi connectivity index (χ2n) is 4.04. The number of anilines is 2. The standard InChI is InChI=1S/C14H16N4O2/c1-15-12-7-13(18-10-17-12)16-8-14(19)20-9-11-5-3-2-4-6-11/h2-7,10H,8-9H2,1H3,(H2,15,16,17,18). The van der Waals surface area contributed by atoms with E-state index in [1.165, 1.54) is 6.33 Å². The molecule has 1 aromatic heterocycles. The number of benzene rings is 1. The van der Waals surface area contributed by atoms with E-state index in [1.807, 2.05) is 30.3 Å². The number of hydrogen-bond acceptors (Lipinski definition) is 6. The summed E-state index contributed by atoms with van der Waals surface area (Å²) in [7, 11) is 1.76. The molecular weight excluding hydrogens is 256 g/mol. The summed E-state index contributed by atoms with van der Waals surface area (Å²) in [5, 5.41) is 5.78. The molecule has 0 spiro atoms. The number of hydrogen-bond donors (Lipinski definition) is 2. The van der Waals surface area contributed by atoms with Crippen molar-refractivity contribution in [2.24, 2.45) is 0 Å². The summed E-state index contributed by atoms with van der Waals surface area (Å²) in [6.45, 7) is 0.333. The molecule has 1 aromatic carbocycles. The zero-order valence-corrected chi connectivity index (χ0v) is 11.2. The van der Waals surface area contributed by atoms with Gasteiger partial charge < -0.3 is 15.4 Å². The fraction of sp³-hybridized carbons (Fsp3) is 0.214. The normalized spacial score (nSPS) is 9.85. The summed E-state index contributed by atoms with van der Waals surface area (Å²) in [5.41, 5.74) is 0.959. The van der Waals surface area contributed by atoms with Crippen molar-refractivity contribution in [3.05, 3.63) is 48.3 Å². The third-order valence-corrected chi connectivity index (χ3v) is 2.58. The lowest BCUT2D eigenvalue weighted by molar-refractivity contribution is -0.142. The maximum atomic E-state index is 11.6. The Balaban J connectivity index is 1.77. The highest BCUT2D eigenvalue weighted by Gasteiger charge is 2.04. The zero-order chi connectivity index (χ0) is 14.2. The summed E-state index contributed by atoms with van der Waals surface area (Å²) in [6, 6.07) is 11.3. The molecule has 0 amide bonds. The van der Waals surface area contributed by atoms with Crippen LogP contribution in [0.2, 0.25) is 0 Å². The van der Waals surface area contributed by atoms with E-state index in [0.29, 0.717) is 11.6 Å². The van der Waals surface area contributed by atoms with Gasteiger partial charge in [-0.1, -0.05) is 30.3 Å². The first kappa shape index (κ1) is 13.8. The first-order valence-corrected chi connectivity index (χ1v) is 6.21. The third kappa shape index (κ3) is 4.24. The van der Waals surface area contributed by atoms with Gasteiger partial charge in [0.1, 0.15) is 31.1 Å². The molecule has 0 aliphatic heterocycles. The van der Waals surface area contributed by atoms with Gasteiger partial charge in [0.2, 0.25) is 0 Å². The third-order valence-electron chi connectivity index (χ3n) is 2.58. The van der Waals surface area contributed by atoms with Crippen LogP contribution >= 0.6 is 0 Å². The molecule has 6 nitrogen and oxygen atoms in total. The Morgan fingerprint density at radius 1 is 1.20 bits per heavy atom. The Labute approximate surface area is 117 Å². The van der Waals surface area contributed by atoms with Crippen molar-refractivity contribution in [1.29, 1.82) is 0 Å². The minimum Gasteiger partial charge on any atom is -0.460 e. The van der Waals surface area contributed by atoms with E-state index >= 15 is 0 Å². The highest BCUT2D eigenvalue weighted by atomic mass is 16.5. The summed E-state index contributed by atoms with van der Waals surface area (Å²) in [4.78, 5) is 19.6. The average molecular weight is 272 g/mol. The monoisotopic (exact) mass is 272 g/mol.